The zero-order valence-corrected chi connectivity index (χ0v) is 11.9. The van der Waals surface area contributed by atoms with Gasteiger partial charge in [0.15, 0.2) is 0 Å². The van der Waals surface area contributed by atoms with Crippen LogP contribution in [0.15, 0.2) is 0 Å². The van der Waals surface area contributed by atoms with E-state index in [1.54, 1.807) is 0 Å². The van der Waals surface area contributed by atoms with Crippen LogP contribution in [-0.2, 0) is 0 Å². The molecule has 0 unspecified atom stereocenters. The number of hydrogen-bond donors (Lipinski definition) is 2. The first-order valence-corrected chi connectivity index (χ1v) is 4.91. The Bertz CT molecular complexity index is 56.1. The molecule has 0 aromatic carbocycles. The first-order valence-electron chi connectivity index (χ1n) is 4.91. The van der Waals surface area contributed by atoms with Gasteiger partial charge in [0.1, 0.15) is 0 Å². The lowest BCUT2D eigenvalue weighted by atomic mass is 10.1. The van der Waals surface area contributed by atoms with Gasteiger partial charge < -0.3 is 37.1 Å². The van der Waals surface area contributed by atoms with Crippen molar-refractivity contribution >= 4 is 0 Å². The van der Waals surface area contributed by atoms with Crippen LogP contribution in [0, 0.1) is 0 Å². The number of hydrogen-bond acceptors (Lipinski definition) is 0. The van der Waals surface area contributed by atoms with Crippen LogP contribution in [0.3, 0.4) is 0 Å². The van der Waals surface area contributed by atoms with E-state index in [-0.39, 0.29) is 37.1 Å². The van der Waals surface area contributed by atoms with Crippen LogP contribution in [-0.4, -0.2) is 0 Å². The Labute approximate surface area is 103 Å². The third-order valence-corrected chi connectivity index (χ3v) is 1.96. The lowest BCUT2D eigenvalue weighted by Gasteiger charge is -1.97. The summed E-state index contributed by atoms with van der Waals surface area (Å²) in [5.74, 6) is 0. The number of rotatable bonds is 7. The van der Waals surface area contributed by atoms with Gasteiger partial charge in [0.05, 0.1) is 0 Å². The molecule has 0 amide bonds. The van der Waals surface area contributed by atoms with Gasteiger partial charge in [-0.3, -0.25) is 0 Å². The Morgan fingerprint density at radius 1 is 0.500 bits per heavy atom. The number of halogens is 2. The van der Waals surface area contributed by atoms with Crippen LogP contribution in [0.25, 0.3) is 0 Å². The Morgan fingerprint density at radius 3 is 0.929 bits per heavy atom. The molecule has 4 heteroatoms. The maximum Gasteiger partial charge on any atom is -0.0533 e. The molecule has 0 aliphatic heterocycles. The molecule has 2 nitrogen and oxygen atoms in total. The van der Waals surface area contributed by atoms with Crippen molar-refractivity contribution in [1.29, 1.82) is 0 Å². The van der Waals surface area contributed by atoms with Crippen LogP contribution >= 0.6 is 0 Å². The minimum Gasteiger partial charge on any atom is -1.00 e. The molecular weight excluding hydrogens is 219 g/mol. The molecule has 0 aromatic rings. The first kappa shape index (κ1) is 29.3. The Morgan fingerprint density at radius 2 is 0.714 bits per heavy atom. The van der Waals surface area contributed by atoms with Gasteiger partial charge in [-0.15, -0.1) is 0 Å². The quantitative estimate of drug-likeness (QED) is 0.538. The summed E-state index contributed by atoms with van der Waals surface area (Å²) in [6.07, 6.45) is 11.5. The predicted molar refractivity (Wildman–Crippen MR) is 60.3 cm³/mol. The second kappa shape index (κ2) is 29.2. The highest BCUT2D eigenvalue weighted by atomic mass is 35.5. The zero-order chi connectivity index (χ0) is 7.66. The fraction of sp³-hybridized carbons (Fsp3) is 1.00. The summed E-state index contributed by atoms with van der Waals surface area (Å²) in [4.78, 5) is 0. The van der Waals surface area contributed by atoms with Gasteiger partial charge in [-0.2, -0.15) is 0 Å². The minimum absolute atomic E-state index is 0. The topological polar surface area (TPSA) is 73.0 Å². The normalized spacial score (nSPS) is 7.29. The molecule has 0 rings (SSSR count). The molecule has 0 saturated carbocycles. The Hall–Kier alpha value is 0.500. The van der Waals surface area contributed by atoms with E-state index in [4.69, 9.17) is 0 Å². The molecule has 0 radical (unpaired) electrons. The third-order valence-electron chi connectivity index (χ3n) is 1.96. The van der Waals surface area contributed by atoms with Crippen LogP contribution in [0.1, 0.15) is 65.2 Å². The van der Waals surface area contributed by atoms with Crippen LogP contribution in [0.5, 0.6) is 0 Å². The highest BCUT2D eigenvalue weighted by molar-refractivity contribution is 4.43. The molecule has 0 atom stereocenters. The molecular formula is C10H30Cl2N2. The van der Waals surface area contributed by atoms with E-state index in [0.29, 0.717) is 0 Å². The van der Waals surface area contributed by atoms with Crippen molar-refractivity contribution in [1.82, 2.24) is 12.3 Å². The van der Waals surface area contributed by atoms with Crippen molar-refractivity contribution in [3.8, 4) is 0 Å². The van der Waals surface area contributed by atoms with Crippen molar-refractivity contribution < 1.29 is 24.8 Å². The standard InChI is InChI=1S/C10H22.2ClH.2H3N/c1-3-5-7-9-10-8-6-4-2;;;;/h3-10H2,1-2H3;2*1H;2*1H3. The van der Waals surface area contributed by atoms with Gasteiger partial charge in [-0.25, -0.2) is 0 Å². The summed E-state index contributed by atoms with van der Waals surface area (Å²) in [5.41, 5.74) is 0. The highest BCUT2D eigenvalue weighted by Gasteiger charge is 1.87. The van der Waals surface area contributed by atoms with E-state index >= 15 is 0 Å². The zero-order valence-electron chi connectivity index (χ0n) is 10.4. The van der Waals surface area contributed by atoms with Crippen LogP contribution < -0.4 is 37.1 Å². The Balaban J connectivity index is -0.0000000675. The van der Waals surface area contributed by atoms with Crippen LogP contribution in [0.4, 0.5) is 0 Å². The fourth-order valence-electron chi connectivity index (χ4n) is 1.21. The molecule has 0 saturated heterocycles. The minimum atomic E-state index is 0. The molecule has 0 fully saturated rings. The summed E-state index contributed by atoms with van der Waals surface area (Å²) >= 11 is 0. The van der Waals surface area contributed by atoms with Crippen molar-refractivity contribution in [2.24, 2.45) is 0 Å². The molecule has 0 spiro atoms. The lowest BCUT2D eigenvalue weighted by molar-refractivity contribution is -0.001000. The second-order valence-corrected chi connectivity index (χ2v) is 3.12. The van der Waals surface area contributed by atoms with Crippen molar-refractivity contribution in [3.63, 3.8) is 0 Å². The summed E-state index contributed by atoms with van der Waals surface area (Å²) in [6, 6.07) is 0. The lowest BCUT2D eigenvalue weighted by Crippen LogP contribution is -3.00. The van der Waals surface area contributed by atoms with Gasteiger partial charge in [0.2, 0.25) is 0 Å². The van der Waals surface area contributed by atoms with Gasteiger partial charge in [0, 0.05) is 0 Å². The van der Waals surface area contributed by atoms with E-state index in [0.717, 1.165) is 0 Å². The summed E-state index contributed by atoms with van der Waals surface area (Å²) in [5, 5.41) is 0. The van der Waals surface area contributed by atoms with E-state index in [2.05, 4.69) is 13.8 Å². The van der Waals surface area contributed by atoms with Gasteiger partial charge in [-0.05, 0) is 0 Å². The average Bonchev–Trinajstić information content (AvgIpc) is 1.97. The van der Waals surface area contributed by atoms with Crippen LogP contribution in [0.2, 0.25) is 0 Å². The van der Waals surface area contributed by atoms with E-state index in [9.17, 15) is 0 Å². The number of quaternary nitrogens is 2. The highest BCUT2D eigenvalue weighted by Crippen LogP contribution is 2.07. The smallest absolute Gasteiger partial charge is 0.0533 e. The van der Waals surface area contributed by atoms with Gasteiger partial charge >= 0.3 is 0 Å². The molecule has 0 aliphatic carbocycles. The van der Waals surface area contributed by atoms with Crippen molar-refractivity contribution in [2.75, 3.05) is 0 Å². The maximum atomic E-state index is 2.27. The Kier molecular flexibility index (Phi) is 61.1. The molecule has 0 aliphatic rings. The van der Waals surface area contributed by atoms with E-state index in [1.165, 1.54) is 51.4 Å². The fourth-order valence-corrected chi connectivity index (χ4v) is 1.21. The van der Waals surface area contributed by atoms with E-state index < -0.39 is 0 Å². The SMILES string of the molecule is CCCCCCCCCC.[Cl-].[Cl-].[NH4+].[NH4+]. The van der Waals surface area contributed by atoms with Crippen molar-refractivity contribution in [3.05, 3.63) is 0 Å². The molecule has 0 heterocycles. The van der Waals surface area contributed by atoms with Gasteiger partial charge in [-0.1, -0.05) is 65.2 Å². The summed E-state index contributed by atoms with van der Waals surface area (Å²) in [6.45, 7) is 4.54. The van der Waals surface area contributed by atoms with E-state index in [1.807, 2.05) is 0 Å². The largest absolute Gasteiger partial charge is 1.00 e. The van der Waals surface area contributed by atoms with Crippen molar-refractivity contribution in [2.45, 2.75) is 65.2 Å². The predicted octanol–water partition coefficient (Wildman–Crippen LogP) is -1.09. The monoisotopic (exact) mass is 248 g/mol. The molecule has 8 N–H and O–H groups in total. The molecule has 94 valence electrons. The maximum absolute atomic E-state index is 2.27. The molecule has 14 heavy (non-hydrogen) atoms. The molecule has 0 aromatic heterocycles. The second-order valence-electron chi connectivity index (χ2n) is 3.12. The average molecular weight is 249 g/mol. The first-order chi connectivity index (χ1) is 4.91. The number of unbranched alkanes of at least 4 members (excludes halogenated alkanes) is 7. The third kappa shape index (κ3) is 29.4. The van der Waals surface area contributed by atoms with Gasteiger partial charge in [0.25, 0.3) is 0 Å². The molecule has 0 bridgehead atoms. The summed E-state index contributed by atoms with van der Waals surface area (Å²) < 4.78 is 0. The summed E-state index contributed by atoms with van der Waals surface area (Å²) in [7, 11) is 0.